The van der Waals surface area contributed by atoms with Crippen molar-refractivity contribution in [2.45, 2.75) is 17.9 Å². The van der Waals surface area contributed by atoms with E-state index in [0.29, 0.717) is 12.3 Å². The van der Waals surface area contributed by atoms with Crippen LogP contribution in [0.2, 0.25) is 0 Å². The number of ether oxygens (including phenoxy) is 1. The van der Waals surface area contributed by atoms with Gasteiger partial charge in [0.05, 0.1) is 16.9 Å². The second-order valence-electron chi connectivity index (χ2n) is 5.78. The van der Waals surface area contributed by atoms with Gasteiger partial charge in [-0.1, -0.05) is 12.1 Å². The molecule has 0 atom stereocenters. The zero-order chi connectivity index (χ0) is 20.7. The second-order valence-corrected chi connectivity index (χ2v) is 7.34. The number of nitrogens with one attached hydrogen (secondary N) is 2. The lowest BCUT2D eigenvalue weighted by Gasteiger charge is -2.09. The first kappa shape index (κ1) is 21.1. The summed E-state index contributed by atoms with van der Waals surface area (Å²) in [5, 5.41) is 21.6. The summed E-state index contributed by atoms with van der Waals surface area (Å²) in [6, 6.07) is 10.5. The fourth-order valence-corrected chi connectivity index (χ4v) is 2.87. The van der Waals surface area contributed by atoms with Crippen LogP contribution in [0.15, 0.2) is 47.4 Å². The van der Waals surface area contributed by atoms with Gasteiger partial charge < -0.3 is 15.4 Å². The summed E-state index contributed by atoms with van der Waals surface area (Å²) in [6.07, 6.45) is 0.0737. The number of nitro groups is 1. The Morgan fingerprint density at radius 1 is 1.21 bits per heavy atom. The lowest BCUT2D eigenvalue weighted by atomic mass is 10.2. The van der Waals surface area contributed by atoms with Gasteiger partial charge in [0.1, 0.15) is 11.4 Å². The lowest BCUT2D eigenvalue weighted by molar-refractivity contribution is -0.384. The van der Waals surface area contributed by atoms with Gasteiger partial charge in [-0.3, -0.25) is 14.9 Å². The number of sulfonamides is 1. The van der Waals surface area contributed by atoms with Crippen molar-refractivity contribution < 1.29 is 22.9 Å². The fraction of sp³-hybridized carbons (Fsp3) is 0.235. The first-order valence-corrected chi connectivity index (χ1v) is 9.70. The summed E-state index contributed by atoms with van der Waals surface area (Å²) in [6.45, 7) is 0.468. The van der Waals surface area contributed by atoms with Crippen molar-refractivity contribution in [1.29, 1.82) is 0 Å². The SMILES string of the molecule is COc1ccc(CNC(=O)CCNc2ccc(S(N)(=O)=O)cc2[N+](=O)[O-])cc1. The summed E-state index contributed by atoms with van der Waals surface area (Å²) >= 11 is 0. The molecule has 0 heterocycles. The molecule has 0 unspecified atom stereocenters. The molecule has 0 bridgehead atoms. The number of rotatable bonds is 9. The van der Waals surface area contributed by atoms with Crippen molar-refractivity contribution in [1.82, 2.24) is 5.32 Å². The number of hydrogen-bond acceptors (Lipinski definition) is 7. The van der Waals surface area contributed by atoms with Crippen molar-refractivity contribution in [2.24, 2.45) is 5.14 Å². The second kappa shape index (κ2) is 9.15. The van der Waals surface area contributed by atoms with Gasteiger partial charge in [-0.15, -0.1) is 0 Å². The Balaban J connectivity index is 1.89. The predicted molar refractivity (Wildman–Crippen MR) is 102 cm³/mol. The van der Waals surface area contributed by atoms with Crippen LogP contribution in [-0.2, 0) is 21.4 Å². The fourth-order valence-electron chi connectivity index (χ4n) is 2.33. The number of nitrogens with two attached hydrogens (primary N) is 1. The number of amides is 1. The zero-order valence-corrected chi connectivity index (χ0v) is 15.9. The van der Waals surface area contributed by atoms with Crippen LogP contribution in [0.4, 0.5) is 11.4 Å². The molecular formula is C17H20N4O6S. The number of nitro benzene ring substituents is 1. The molecule has 0 aliphatic heterocycles. The summed E-state index contributed by atoms with van der Waals surface area (Å²) in [7, 11) is -2.49. The molecule has 2 aromatic carbocycles. The number of benzene rings is 2. The van der Waals surface area contributed by atoms with Gasteiger partial charge in [0, 0.05) is 25.6 Å². The van der Waals surface area contributed by atoms with Crippen LogP contribution in [0, 0.1) is 10.1 Å². The number of carbonyl (C=O) groups is 1. The summed E-state index contributed by atoms with van der Waals surface area (Å²) in [4.78, 5) is 22.0. The topological polar surface area (TPSA) is 154 Å². The molecule has 11 heteroatoms. The van der Waals surface area contributed by atoms with E-state index in [4.69, 9.17) is 9.88 Å². The van der Waals surface area contributed by atoms with E-state index in [9.17, 15) is 23.3 Å². The molecule has 1 amide bonds. The molecule has 0 saturated carbocycles. The zero-order valence-electron chi connectivity index (χ0n) is 15.0. The highest BCUT2D eigenvalue weighted by molar-refractivity contribution is 7.89. The van der Waals surface area contributed by atoms with E-state index in [1.807, 2.05) is 12.1 Å². The van der Waals surface area contributed by atoms with Crippen molar-refractivity contribution in [3.63, 3.8) is 0 Å². The average Bonchev–Trinajstić information content (AvgIpc) is 2.66. The molecule has 4 N–H and O–H groups in total. The van der Waals surface area contributed by atoms with Gasteiger partial charge in [0.2, 0.25) is 15.9 Å². The van der Waals surface area contributed by atoms with Gasteiger partial charge in [-0.25, -0.2) is 13.6 Å². The Labute approximate surface area is 161 Å². The van der Waals surface area contributed by atoms with E-state index in [2.05, 4.69) is 10.6 Å². The van der Waals surface area contributed by atoms with E-state index >= 15 is 0 Å². The lowest BCUT2D eigenvalue weighted by Crippen LogP contribution is -2.25. The van der Waals surface area contributed by atoms with Crippen LogP contribution < -0.4 is 20.5 Å². The van der Waals surface area contributed by atoms with Crippen molar-refractivity contribution in [3.8, 4) is 5.75 Å². The molecule has 2 aromatic rings. The molecule has 150 valence electrons. The standard InChI is InChI=1S/C17H20N4O6S/c1-27-13-4-2-12(3-5-13)11-20-17(22)8-9-19-15-7-6-14(28(18,25)26)10-16(15)21(23)24/h2-7,10,19H,8-9,11H2,1H3,(H,20,22)(H2,18,25,26). The number of primary sulfonamides is 1. The maximum atomic E-state index is 11.9. The molecule has 28 heavy (non-hydrogen) atoms. The van der Waals surface area contributed by atoms with Crippen LogP contribution in [0.25, 0.3) is 0 Å². The van der Waals surface area contributed by atoms with E-state index in [1.165, 1.54) is 6.07 Å². The number of carbonyl (C=O) groups excluding carboxylic acids is 1. The molecule has 10 nitrogen and oxygen atoms in total. The Morgan fingerprint density at radius 3 is 2.46 bits per heavy atom. The minimum Gasteiger partial charge on any atom is -0.497 e. The molecule has 0 aliphatic rings. The Hall–Kier alpha value is -3.18. The molecule has 0 aromatic heterocycles. The summed E-state index contributed by atoms with van der Waals surface area (Å²) in [5.41, 5.74) is 0.557. The minimum absolute atomic E-state index is 0.0737. The number of hydrogen-bond donors (Lipinski definition) is 3. The number of nitrogens with zero attached hydrogens (tertiary/aromatic N) is 1. The van der Waals surface area contributed by atoms with Gasteiger partial charge in [-0.2, -0.15) is 0 Å². The van der Waals surface area contributed by atoms with Gasteiger partial charge in [0.25, 0.3) is 5.69 Å². The first-order chi connectivity index (χ1) is 13.2. The van der Waals surface area contributed by atoms with Crippen LogP contribution in [0.3, 0.4) is 0 Å². The Morgan fingerprint density at radius 2 is 1.89 bits per heavy atom. The molecule has 0 fully saturated rings. The summed E-state index contributed by atoms with van der Waals surface area (Å²) in [5.74, 6) is 0.474. The van der Waals surface area contributed by atoms with Crippen LogP contribution in [0.5, 0.6) is 5.75 Å². The molecule has 0 radical (unpaired) electrons. The molecule has 0 aliphatic carbocycles. The molecule has 2 rings (SSSR count). The highest BCUT2D eigenvalue weighted by Crippen LogP contribution is 2.27. The third-order valence-corrected chi connectivity index (χ3v) is 4.72. The minimum atomic E-state index is -4.05. The Kier molecular flexibility index (Phi) is 6.90. The van der Waals surface area contributed by atoms with E-state index in [1.54, 1.807) is 19.2 Å². The Bertz CT molecular complexity index is 960. The monoisotopic (exact) mass is 408 g/mol. The predicted octanol–water partition coefficient (Wildman–Crippen LogP) is 1.37. The van der Waals surface area contributed by atoms with Crippen molar-refractivity contribution in [2.75, 3.05) is 19.0 Å². The average molecular weight is 408 g/mol. The van der Waals surface area contributed by atoms with Crippen LogP contribution in [0.1, 0.15) is 12.0 Å². The van der Waals surface area contributed by atoms with E-state index in [0.717, 1.165) is 17.7 Å². The van der Waals surface area contributed by atoms with E-state index < -0.39 is 20.6 Å². The van der Waals surface area contributed by atoms with Crippen molar-refractivity contribution >= 4 is 27.3 Å². The largest absolute Gasteiger partial charge is 0.497 e. The highest BCUT2D eigenvalue weighted by Gasteiger charge is 2.19. The third-order valence-electron chi connectivity index (χ3n) is 3.81. The van der Waals surface area contributed by atoms with Crippen LogP contribution in [-0.4, -0.2) is 32.9 Å². The number of methoxy groups -OCH3 is 1. The third kappa shape index (κ3) is 5.93. The van der Waals surface area contributed by atoms with Crippen molar-refractivity contribution in [3.05, 3.63) is 58.1 Å². The van der Waals surface area contributed by atoms with Crippen LogP contribution >= 0.6 is 0 Å². The van der Waals surface area contributed by atoms with Gasteiger partial charge in [0.15, 0.2) is 0 Å². The maximum Gasteiger partial charge on any atom is 0.293 e. The summed E-state index contributed by atoms with van der Waals surface area (Å²) < 4.78 is 27.7. The maximum absolute atomic E-state index is 11.9. The molecule has 0 saturated heterocycles. The number of anilines is 1. The smallest absolute Gasteiger partial charge is 0.293 e. The van der Waals surface area contributed by atoms with E-state index in [-0.39, 0.29) is 29.5 Å². The molecule has 0 spiro atoms. The first-order valence-electron chi connectivity index (χ1n) is 8.15. The normalized spacial score (nSPS) is 10.9. The van der Waals surface area contributed by atoms with Gasteiger partial charge in [-0.05, 0) is 29.8 Å². The quantitative estimate of drug-likeness (QED) is 0.418. The highest BCUT2D eigenvalue weighted by atomic mass is 32.2. The molecular weight excluding hydrogens is 388 g/mol. The van der Waals surface area contributed by atoms with Gasteiger partial charge >= 0.3 is 0 Å².